The van der Waals surface area contributed by atoms with Gasteiger partial charge in [0.15, 0.2) is 0 Å². The molecule has 1 aliphatic carbocycles. The number of aliphatic hydroxyl groups excluding tert-OH is 1. The Kier molecular flexibility index (Phi) is 2.40. The van der Waals surface area contributed by atoms with Crippen LogP contribution in [0.3, 0.4) is 0 Å². The van der Waals surface area contributed by atoms with Gasteiger partial charge in [-0.15, -0.1) is 0 Å². The molecule has 0 aromatic carbocycles. The Morgan fingerprint density at radius 2 is 2.08 bits per heavy atom. The number of nitrogens with zero attached hydrogens (tertiary/aromatic N) is 1. The average Bonchev–Trinajstić information content (AvgIpc) is 1.97. The maximum Gasteiger partial charge on any atom is 0.0943 e. The fourth-order valence-electron chi connectivity index (χ4n) is 1.29. The van der Waals surface area contributed by atoms with Crippen LogP contribution in [0.2, 0.25) is 0 Å². The van der Waals surface area contributed by atoms with E-state index in [-0.39, 0.29) is 5.54 Å². The lowest BCUT2D eigenvalue weighted by molar-refractivity contribution is 0.0682. The second kappa shape index (κ2) is 3.04. The van der Waals surface area contributed by atoms with E-state index < -0.39 is 6.10 Å². The van der Waals surface area contributed by atoms with Crippen molar-refractivity contribution in [1.82, 2.24) is 4.90 Å². The van der Waals surface area contributed by atoms with Gasteiger partial charge in [-0.2, -0.15) is 0 Å². The smallest absolute Gasteiger partial charge is 0.0943 e. The molecule has 0 radical (unpaired) electrons. The van der Waals surface area contributed by atoms with E-state index in [2.05, 4.69) is 0 Å². The number of hydrogen-bond acceptors (Lipinski definition) is 2. The standard InChI is InChI=1S/C10H17NO/c1-8-5-6-10(2,11(3)4)9(12)7-8/h5-7,9,12H,1-4H3. The van der Waals surface area contributed by atoms with Crippen molar-refractivity contribution in [3.8, 4) is 0 Å². The second-order valence-electron chi connectivity index (χ2n) is 3.81. The SMILES string of the molecule is CC1=CC(O)C(C)(N(C)C)C=C1. The summed E-state index contributed by atoms with van der Waals surface area (Å²) in [6, 6.07) is 0. The molecule has 0 aliphatic heterocycles. The van der Waals surface area contributed by atoms with Crippen LogP contribution in [-0.4, -0.2) is 35.7 Å². The summed E-state index contributed by atoms with van der Waals surface area (Å²) in [5, 5.41) is 9.80. The van der Waals surface area contributed by atoms with Crippen molar-refractivity contribution in [2.24, 2.45) is 0 Å². The number of likely N-dealkylation sites (N-methyl/N-ethyl adjacent to an activating group) is 1. The fourth-order valence-corrected chi connectivity index (χ4v) is 1.29. The molecule has 1 rings (SSSR count). The van der Waals surface area contributed by atoms with Gasteiger partial charge in [0.2, 0.25) is 0 Å². The minimum Gasteiger partial charge on any atom is -0.387 e. The van der Waals surface area contributed by atoms with Gasteiger partial charge < -0.3 is 5.11 Å². The molecule has 0 aromatic rings. The first-order chi connectivity index (χ1) is 5.47. The summed E-state index contributed by atoms with van der Waals surface area (Å²) in [5.41, 5.74) is 0.876. The third kappa shape index (κ3) is 1.45. The van der Waals surface area contributed by atoms with Crippen LogP contribution < -0.4 is 0 Å². The molecule has 68 valence electrons. The molecule has 2 unspecified atom stereocenters. The van der Waals surface area contributed by atoms with Crippen molar-refractivity contribution in [2.45, 2.75) is 25.5 Å². The van der Waals surface area contributed by atoms with Crippen LogP contribution in [0.4, 0.5) is 0 Å². The molecule has 0 spiro atoms. The zero-order valence-corrected chi connectivity index (χ0v) is 8.20. The maximum atomic E-state index is 9.80. The Morgan fingerprint density at radius 1 is 1.50 bits per heavy atom. The van der Waals surface area contributed by atoms with Gasteiger partial charge in [0.05, 0.1) is 11.6 Å². The zero-order chi connectivity index (χ0) is 9.35. The average molecular weight is 167 g/mol. The Morgan fingerprint density at radius 3 is 2.50 bits per heavy atom. The van der Waals surface area contributed by atoms with Crippen molar-refractivity contribution in [1.29, 1.82) is 0 Å². The Hall–Kier alpha value is -0.600. The van der Waals surface area contributed by atoms with Gasteiger partial charge in [-0.25, -0.2) is 0 Å². The highest BCUT2D eigenvalue weighted by Gasteiger charge is 2.32. The monoisotopic (exact) mass is 167 g/mol. The van der Waals surface area contributed by atoms with Gasteiger partial charge in [0.1, 0.15) is 0 Å². The van der Waals surface area contributed by atoms with Gasteiger partial charge >= 0.3 is 0 Å². The van der Waals surface area contributed by atoms with E-state index in [1.165, 1.54) is 0 Å². The van der Waals surface area contributed by atoms with Crippen molar-refractivity contribution in [3.05, 3.63) is 23.8 Å². The van der Waals surface area contributed by atoms with Crippen LogP contribution in [-0.2, 0) is 0 Å². The van der Waals surface area contributed by atoms with E-state index in [1.54, 1.807) is 0 Å². The maximum absolute atomic E-state index is 9.80. The van der Waals surface area contributed by atoms with E-state index >= 15 is 0 Å². The lowest BCUT2D eigenvalue weighted by Crippen LogP contribution is -2.49. The highest BCUT2D eigenvalue weighted by Crippen LogP contribution is 2.25. The lowest BCUT2D eigenvalue weighted by atomic mass is 9.87. The van der Waals surface area contributed by atoms with Crippen molar-refractivity contribution in [3.63, 3.8) is 0 Å². The molecule has 2 heteroatoms. The largest absolute Gasteiger partial charge is 0.387 e. The second-order valence-corrected chi connectivity index (χ2v) is 3.81. The van der Waals surface area contributed by atoms with E-state index in [0.717, 1.165) is 5.57 Å². The lowest BCUT2D eigenvalue weighted by Gasteiger charge is -2.38. The molecule has 2 nitrogen and oxygen atoms in total. The summed E-state index contributed by atoms with van der Waals surface area (Å²) in [4.78, 5) is 2.02. The minimum atomic E-state index is -0.405. The quantitative estimate of drug-likeness (QED) is 0.634. The van der Waals surface area contributed by atoms with Crippen LogP contribution in [0.5, 0.6) is 0 Å². The summed E-state index contributed by atoms with van der Waals surface area (Å²) < 4.78 is 0. The molecule has 1 N–H and O–H groups in total. The Labute approximate surface area is 74.2 Å². The first-order valence-electron chi connectivity index (χ1n) is 4.20. The molecule has 0 saturated carbocycles. The van der Waals surface area contributed by atoms with E-state index in [9.17, 15) is 5.11 Å². The van der Waals surface area contributed by atoms with Crippen LogP contribution >= 0.6 is 0 Å². The van der Waals surface area contributed by atoms with Crippen molar-refractivity contribution < 1.29 is 5.11 Å². The van der Waals surface area contributed by atoms with Crippen LogP contribution in [0.15, 0.2) is 23.8 Å². The summed E-state index contributed by atoms with van der Waals surface area (Å²) in [6.45, 7) is 4.02. The summed E-state index contributed by atoms with van der Waals surface area (Å²) >= 11 is 0. The third-order valence-electron chi connectivity index (χ3n) is 2.67. The predicted octanol–water partition coefficient (Wildman–Crippen LogP) is 1.18. The van der Waals surface area contributed by atoms with Gasteiger partial charge in [-0.05, 0) is 27.9 Å². The first-order valence-corrected chi connectivity index (χ1v) is 4.20. The zero-order valence-electron chi connectivity index (χ0n) is 8.20. The van der Waals surface area contributed by atoms with Gasteiger partial charge in [-0.3, -0.25) is 4.90 Å². The molecule has 12 heavy (non-hydrogen) atoms. The first kappa shape index (κ1) is 9.49. The highest BCUT2D eigenvalue weighted by molar-refractivity contribution is 5.30. The van der Waals surface area contributed by atoms with Crippen LogP contribution in [0, 0.1) is 0 Å². The van der Waals surface area contributed by atoms with Gasteiger partial charge in [0, 0.05) is 0 Å². The molecule has 0 bridgehead atoms. The van der Waals surface area contributed by atoms with E-state index in [1.807, 2.05) is 51.1 Å². The molecule has 0 fully saturated rings. The van der Waals surface area contributed by atoms with Crippen molar-refractivity contribution in [2.75, 3.05) is 14.1 Å². The molecule has 0 aromatic heterocycles. The summed E-state index contributed by atoms with van der Waals surface area (Å²) in [6.07, 6.45) is 5.58. The fraction of sp³-hybridized carbons (Fsp3) is 0.600. The number of rotatable bonds is 1. The summed E-state index contributed by atoms with van der Waals surface area (Å²) in [7, 11) is 3.95. The number of aliphatic hydroxyl groups is 1. The molecule has 1 aliphatic rings. The Bertz CT molecular complexity index is 230. The van der Waals surface area contributed by atoms with Crippen molar-refractivity contribution >= 4 is 0 Å². The topological polar surface area (TPSA) is 23.5 Å². The molecule has 0 heterocycles. The van der Waals surface area contributed by atoms with Gasteiger partial charge in [0.25, 0.3) is 0 Å². The minimum absolute atomic E-state index is 0.250. The van der Waals surface area contributed by atoms with Crippen LogP contribution in [0.25, 0.3) is 0 Å². The molecular weight excluding hydrogens is 150 g/mol. The molecule has 0 saturated heterocycles. The predicted molar refractivity (Wildman–Crippen MR) is 51.0 cm³/mol. The number of allylic oxidation sites excluding steroid dienone is 2. The third-order valence-corrected chi connectivity index (χ3v) is 2.67. The van der Waals surface area contributed by atoms with E-state index in [0.29, 0.717) is 0 Å². The number of hydrogen-bond donors (Lipinski definition) is 1. The summed E-state index contributed by atoms with van der Waals surface area (Å²) in [5.74, 6) is 0. The van der Waals surface area contributed by atoms with E-state index in [4.69, 9.17) is 0 Å². The Balaban J connectivity index is 2.91. The normalized spacial score (nSPS) is 35.5. The van der Waals surface area contributed by atoms with Crippen LogP contribution in [0.1, 0.15) is 13.8 Å². The molecular formula is C10H17NO. The van der Waals surface area contributed by atoms with Gasteiger partial charge in [-0.1, -0.05) is 23.8 Å². The molecule has 2 atom stereocenters. The highest BCUT2D eigenvalue weighted by atomic mass is 16.3. The molecule has 0 amide bonds.